The van der Waals surface area contributed by atoms with Gasteiger partial charge in [0.05, 0.1) is 0 Å². The molecular formula is C9H23K2-3. The number of hydrogen-bond acceptors (Lipinski definition) is 0. The minimum absolute atomic E-state index is 0. The zero-order valence-corrected chi connectivity index (χ0v) is 16.1. The van der Waals surface area contributed by atoms with Gasteiger partial charge in [-0.1, -0.05) is 0 Å². The van der Waals surface area contributed by atoms with Gasteiger partial charge in [0.1, 0.15) is 0 Å². The first-order chi connectivity index (χ1) is 4.00. The number of rotatable bonds is 0. The molecule has 0 rings (SSSR count). The van der Waals surface area contributed by atoms with Gasteiger partial charge >= 0.3 is 103 Å². The van der Waals surface area contributed by atoms with Crippen molar-refractivity contribution < 1.29 is 103 Å². The fraction of sp³-hybridized carbons (Fsp3) is 0.444. The van der Waals surface area contributed by atoms with Crippen LogP contribution in [0, 0.1) is 35.1 Å². The quantitative estimate of drug-likeness (QED) is 0.314. The fourth-order valence-electron chi connectivity index (χ4n) is 0. The normalized spacial score (nSPS) is 2.18. The van der Waals surface area contributed by atoms with E-state index in [0.717, 1.165) is 0 Å². The van der Waals surface area contributed by atoms with Crippen LogP contribution in [0.2, 0.25) is 0 Å². The van der Waals surface area contributed by atoms with Crippen LogP contribution in [-0.4, -0.2) is 0 Å². The molecular weight excluding hydrogens is 186 g/mol. The molecule has 2 heteroatoms. The molecule has 0 radical (unpaired) electrons. The Bertz CT molecular complexity index is 7.52. The van der Waals surface area contributed by atoms with Crippen molar-refractivity contribution in [1.29, 1.82) is 0 Å². The molecule has 0 amide bonds. The molecule has 0 atom stereocenters. The molecule has 0 bridgehead atoms. The average Bonchev–Trinajstić information content (AvgIpc) is 2.03. The Hall–Kier alpha value is 3.27. The third-order valence-corrected chi connectivity index (χ3v) is 0. The van der Waals surface area contributed by atoms with Gasteiger partial charge in [0.25, 0.3) is 0 Å². The molecule has 0 aliphatic rings. The minimum Gasteiger partial charge on any atom is -0.358 e. The summed E-state index contributed by atoms with van der Waals surface area (Å²) in [7, 11) is 0. The summed E-state index contributed by atoms with van der Waals surface area (Å²) in [5.41, 5.74) is 0. The molecule has 0 fully saturated rings. The molecule has 0 nitrogen and oxygen atoms in total. The maximum absolute atomic E-state index is 3.25. The van der Waals surface area contributed by atoms with Crippen molar-refractivity contribution in [2.75, 3.05) is 0 Å². The Morgan fingerprint density at radius 2 is 0.455 bits per heavy atom. The Kier molecular flexibility index (Phi) is 807. The predicted octanol–water partition coefficient (Wildman–Crippen LogP) is -2.18. The molecule has 11 heavy (non-hydrogen) atoms. The molecule has 0 aliphatic heterocycles. The standard InChI is InChI=1S/4C2H5.CH3.2K/c4*1-2;;;/h4*1H2,2H3;1H3;;/q5*-1;2*+1. The van der Waals surface area contributed by atoms with E-state index >= 15 is 0 Å². The topological polar surface area (TPSA) is 0 Å². The predicted molar refractivity (Wildman–Crippen MR) is 50.5 cm³/mol. The van der Waals surface area contributed by atoms with E-state index in [1.807, 2.05) is 0 Å². The molecule has 0 spiro atoms. The van der Waals surface area contributed by atoms with Crippen LogP contribution >= 0.6 is 0 Å². The van der Waals surface area contributed by atoms with E-state index in [2.05, 4.69) is 27.7 Å². The SMILES string of the molecule is [CH2-]C.[CH2-]C.[CH2-]C.[CH2-]C.[CH3-].[K+].[K+]. The van der Waals surface area contributed by atoms with E-state index in [0.29, 0.717) is 0 Å². The largest absolute Gasteiger partial charge is 1.00 e. The Labute approximate surface area is 162 Å². The number of hydrogen-bond donors (Lipinski definition) is 0. The summed E-state index contributed by atoms with van der Waals surface area (Å²) in [6.07, 6.45) is 0. The summed E-state index contributed by atoms with van der Waals surface area (Å²) in [5, 5.41) is 0. The van der Waals surface area contributed by atoms with Crippen LogP contribution in [-0.2, 0) is 0 Å². The molecule has 0 N–H and O–H groups in total. The second kappa shape index (κ2) is 187. The first-order valence-electron chi connectivity index (χ1n) is 2.83. The Balaban J connectivity index is -0.00000000356. The van der Waals surface area contributed by atoms with E-state index in [-0.39, 0.29) is 110 Å². The third kappa shape index (κ3) is 157. The van der Waals surface area contributed by atoms with Gasteiger partial charge < -0.3 is 35.1 Å². The van der Waals surface area contributed by atoms with E-state index < -0.39 is 0 Å². The average molecular weight is 209 g/mol. The van der Waals surface area contributed by atoms with Gasteiger partial charge in [0.15, 0.2) is 0 Å². The zero-order chi connectivity index (χ0) is 8.00. The zero-order valence-electron chi connectivity index (χ0n) is 9.83. The minimum atomic E-state index is 0. The van der Waals surface area contributed by atoms with Crippen LogP contribution in [0.3, 0.4) is 0 Å². The van der Waals surface area contributed by atoms with Gasteiger partial charge in [-0.05, 0) is 0 Å². The molecule has 0 aromatic carbocycles. The first-order valence-corrected chi connectivity index (χ1v) is 2.83. The van der Waals surface area contributed by atoms with Crippen molar-refractivity contribution in [1.82, 2.24) is 0 Å². The van der Waals surface area contributed by atoms with E-state index in [1.165, 1.54) is 0 Å². The summed E-state index contributed by atoms with van der Waals surface area (Å²) in [5.74, 6) is 0. The maximum atomic E-state index is 3.25. The van der Waals surface area contributed by atoms with Crippen LogP contribution in [0.25, 0.3) is 0 Å². The van der Waals surface area contributed by atoms with E-state index in [4.69, 9.17) is 0 Å². The summed E-state index contributed by atoms with van der Waals surface area (Å²) in [4.78, 5) is 0. The monoisotopic (exact) mass is 209 g/mol. The van der Waals surface area contributed by atoms with Crippen molar-refractivity contribution in [3.05, 3.63) is 35.1 Å². The van der Waals surface area contributed by atoms with Crippen LogP contribution < -0.4 is 103 Å². The van der Waals surface area contributed by atoms with Crippen LogP contribution in [0.15, 0.2) is 0 Å². The molecule has 0 saturated heterocycles. The van der Waals surface area contributed by atoms with Crippen LogP contribution in [0.1, 0.15) is 27.7 Å². The summed E-state index contributed by atoms with van der Waals surface area (Å²) in [6.45, 7) is 20.0. The van der Waals surface area contributed by atoms with E-state index in [1.54, 1.807) is 27.7 Å². The smallest absolute Gasteiger partial charge is 0.358 e. The molecule has 0 aromatic heterocycles. The molecule has 0 saturated carbocycles. The van der Waals surface area contributed by atoms with E-state index in [9.17, 15) is 0 Å². The van der Waals surface area contributed by atoms with Crippen molar-refractivity contribution in [2.24, 2.45) is 0 Å². The fourth-order valence-corrected chi connectivity index (χ4v) is 0. The Morgan fingerprint density at radius 1 is 0.455 bits per heavy atom. The van der Waals surface area contributed by atoms with Crippen molar-refractivity contribution in [3.63, 3.8) is 0 Å². The summed E-state index contributed by atoms with van der Waals surface area (Å²) in [6, 6.07) is 0. The van der Waals surface area contributed by atoms with Crippen molar-refractivity contribution >= 4 is 0 Å². The van der Waals surface area contributed by atoms with Gasteiger partial charge in [-0.2, -0.15) is 27.7 Å². The van der Waals surface area contributed by atoms with Crippen LogP contribution in [0.5, 0.6) is 0 Å². The van der Waals surface area contributed by atoms with Gasteiger partial charge in [-0.25, -0.2) is 0 Å². The third-order valence-electron chi connectivity index (χ3n) is 0. The molecule has 0 unspecified atom stereocenters. The van der Waals surface area contributed by atoms with Crippen molar-refractivity contribution in [3.8, 4) is 0 Å². The summed E-state index contributed by atoms with van der Waals surface area (Å²) < 4.78 is 0. The second-order valence-electron chi connectivity index (χ2n) is 0. The van der Waals surface area contributed by atoms with Gasteiger partial charge in [0, 0.05) is 0 Å². The molecule has 0 heterocycles. The van der Waals surface area contributed by atoms with Crippen molar-refractivity contribution in [2.45, 2.75) is 27.7 Å². The first kappa shape index (κ1) is 47.5. The maximum Gasteiger partial charge on any atom is 1.00 e. The molecule has 64 valence electrons. The van der Waals surface area contributed by atoms with Gasteiger partial charge in [-0.15, -0.1) is 0 Å². The molecule has 0 aromatic rings. The second-order valence-corrected chi connectivity index (χ2v) is 0. The van der Waals surface area contributed by atoms with Crippen LogP contribution in [0.4, 0.5) is 0 Å². The molecule has 0 aliphatic carbocycles. The summed E-state index contributed by atoms with van der Waals surface area (Å²) >= 11 is 0. The van der Waals surface area contributed by atoms with Gasteiger partial charge in [-0.3, -0.25) is 0 Å². The van der Waals surface area contributed by atoms with Gasteiger partial charge in [0.2, 0.25) is 0 Å². The Morgan fingerprint density at radius 3 is 0.455 bits per heavy atom.